The van der Waals surface area contributed by atoms with Gasteiger partial charge in [0, 0.05) is 12.8 Å². The molecule has 0 aromatic heterocycles. The summed E-state index contributed by atoms with van der Waals surface area (Å²) in [6.45, 7) is 1.67. The van der Waals surface area contributed by atoms with E-state index in [1.54, 1.807) is 0 Å². The van der Waals surface area contributed by atoms with Crippen molar-refractivity contribution < 1.29 is 61.6 Å². The second-order valence-corrected chi connectivity index (χ2v) is 18.0. The highest BCUT2D eigenvalue weighted by Crippen LogP contribution is 2.43. The van der Waals surface area contributed by atoms with Crippen LogP contribution >= 0.6 is 15.6 Å². The third kappa shape index (κ3) is 45.7. The number of aliphatic hydroxyl groups excluding tert-OH is 1. The number of allylic oxidation sites excluding steroid dienone is 10. The molecule has 0 rings (SSSR count). The van der Waals surface area contributed by atoms with Gasteiger partial charge in [0.15, 0.2) is 6.10 Å². The molecule has 15 heteroatoms. The number of phosphoric acid groups is 2. The highest BCUT2D eigenvalue weighted by molar-refractivity contribution is 7.47. The van der Waals surface area contributed by atoms with E-state index in [2.05, 4.69) is 71.5 Å². The summed E-state index contributed by atoms with van der Waals surface area (Å²) in [6, 6.07) is 0. The third-order valence-corrected chi connectivity index (χ3v) is 10.8. The van der Waals surface area contributed by atoms with Crippen molar-refractivity contribution in [2.24, 2.45) is 0 Å². The summed E-state index contributed by atoms with van der Waals surface area (Å²) in [5.41, 5.74) is 0. The second-order valence-electron chi connectivity index (χ2n) is 15.3. The van der Waals surface area contributed by atoms with Crippen molar-refractivity contribution in [2.45, 2.75) is 193 Å². The maximum atomic E-state index is 12.7. The maximum Gasteiger partial charge on any atom is 0.472 e. The minimum atomic E-state index is -4.87. The predicted octanol–water partition coefficient (Wildman–Crippen LogP) is 12.0. The molecule has 0 aromatic rings. The van der Waals surface area contributed by atoms with Crippen LogP contribution in [0.2, 0.25) is 0 Å². The Bertz CT molecular complexity index is 1310. The van der Waals surface area contributed by atoms with Gasteiger partial charge in [-0.05, 0) is 51.4 Å². The Labute approximate surface area is 368 Å². The van der Waals surface area contributed by atoms with Gasteiger partial charge in [-0.15, -0.1) is 0 Å². The highest BCUT2D eigenvalue weighted by atomic mass is 31.2. The van der Waals surface area contributed by atoms with E-state index >= 15 is 0 Å². The van der Waals surface area contributed by atoms with Gasteiger partial charge < -0.3 is 29.3 Å². The van der Waals surface area contributed by atoms with Crippen LogP contribution < -0.4 is 0 Å². The average Bonchev–Trinajstić information content (AvgIpc) is 3.22. The summed E-state index contributed by atoms with van der Waals surface area (Å²) >= 11 is 0. The summed E-state index contributed by atoms with van der Waals surface area (Å²) < 4.78 is 47.7. The Morgan fingerprint density at radius 1 is 0.475 bits per heavy atom. The van der Waals surface area contributed by atoms with Gasteiger partial charge in [-0.25, -0.2) is 9.13 Å². The zero-order chi connectivity index (χ0) is 45.1. The summed E-state index contributed by atoms with van der Waals surface area (Å²) in [5, 5.41) is 9.75. The van der Waals surface area contributed by atoms with Crippen molar-refractivity contribution in [3.8, 4) is 0 Å². The Morgan fingerprint density at radius 2 is 0.885 bits per heavy atom. The van der Waals surface area contributed by atoms with Crippen LogP contribution in [0.4, 0.5) is 0 Å². The third-order valence-electron chi connectivity index (χ3n) is 9.41. The smallest absolute Gasteiger partial charge is 0.462 e. The van der Waals surface area contributed by atoms with E-state index in [0.717, 1.165) is 51.4 Å². The lowest BCUT2D eigenvalue weighted by molar-refractivity contribution is -0.161. The van der Waals surface area contributed by atoms with Crippen LogP contribution in [0, 0.1) is 0 Å². The molecular formula is C46H82O13P2. The monoisotopic (exact) mass is 905 g/mol. The van der Waals surface area contributed by atoms with Gasteiger partial charge in [-0.3, -0.25) is 23.2 Å². The molecule has 0 amide bonds. The van der Waals surface area contributed by atoms with Crippen molar-refractivity contribution >= 4 is 27.6 Å². The lowest BCUT2D eigenvalue weighted by Crippen LogP contribution is -2.29. The topological polar surface area (TPSA) is 195 Å². The first-order chi connectivity index (χ1) is 29.4. The van der Waals surface area contributed by atoms with Crippen molar-refractivity contribution in [3.63, 3.8) is 0 Å². The van der Waals surface area contributed by atoms with Crippen molar-refractivity contribution in [2.75, 3.05) is 26.4 Å². The van der Waals surface area contributed by atoms with Gasteiger partial charge in [0.25, 0.3) is 0 Å². The van der Waals surface area contributed by atoms with E-state index in [1.165, 1.54) is 89.9 Å². The molecule has 0 radical (unpaired) electrons. The molecule has 4 N–H and O–H groups in total. The van der Waals surface area contributed by atoms with Gasteiger partial charge in [0.1, 0.15) is 12.7 Å². The van der Waals surface area contributed by atoms with Gasteiger partial charge in [0.05, 0.1) is 19.8 Å². The number of hydrogen-bond donors (Lipinski definition) is 4. The van der Waals surface area contributed by atoms with E-state index in [-0.39, 0.29) is 12.8 Å². The molecule has 0 saturated heterocycles. The van der Waals surface area contributed by atoms with Gasteiger partial charge in [-0.2, -0.15) is 0 Å². The molecule has 0 saturated carbocycles. The Morgan fingerprint density at radius 3 is 1.38 bits per heavy atom. The number of ether oxygens (including phenoxy) is 2. The number of esters is 2. The normalized spacial score (nSPS) is 14.5. The maximum absolute atomic E-state index is 12.7. The molecule has 0 aliphatic carbocycles. The number of hydrogen-bond acceptors (Lipinski definition) is 10. The first-order valence-corrected chi connectivity index (χ1v) is 26.0. The number of aliphatic hydroxyl groups is 1. The molecule has 0 heterocycles. The minimum Gasteiger partial charge on any atom is -0.462 e. The van der Waals surface area contributed by atoms with Crippen LogP contribution in [-0.4, -0.2) is 70.4 Å². The summed E-state index contributed by atoms with van der Waals surface area (Å²) in [4.78, 5) is 52.7. The van der Waals surface area contributed by atoms with E-state index in [9.17, 15) is 28.7 Å². The number of carbonyl (C=O) groups excluding carboxylic acids is 2. The molecule has 61 heavy (non-hydrogen) atoms. The fourth-order valence-electron chi connectivity index (χ4n) is 5.92. The average molecular weight is 905 g/mol. The molecule has 0 aliphatic rings. The van der Waals surface area contributed by atoms with Crippen LogP contribution in [0.1, 0.15) is 181 Å². The summed E-state index contributed by atoms with van der Waals surface area (Å²) in [5.74, 6) is -1.12. The van der Waals surface area contributed by atoms with Gasteiger partial charge in [0.2, 0.25) is 0 Å². The zero-order valence-corrected chi connectivity index (χ0v) is 39.3. The zero-order valence-electron chi connectivity index (χ0n) is 37.5. The number of rotatable bonds is 43. The molecule has 3 atom stereocenters. The van der Waals surface area contributed by atoms with Crippen molar-refractivity contribution in [1.29, 1.82) is 0 Å². The van der Waals surface area contributed by atoms with E-state index < -0.39 is 66.2 Å². The second kappa shape index (κ2) is 41.8. The minimum absolute atomic E-state index is 0.0714. The van der Waals surface area contributed by atoms with E-state index in [0.29, 0.717) is 12.8 Å². The molecule has 0 aliphatic heterocycles. The van der Waals surface area contributed by atoms with Gasteiger partial charge >= 0.3 is 27.6 Å². The van der Waals surface area contributed by atoms with E-state index in [4.69, 9.17) is 23.8 Å². The molecule has 0 aromatic carbocycles. The predicted molar refractivity (Wildman–Crippen MR) is 244 cm³/mol. The largest absolute Gasteiger partial charge is 0.472 e. The molecule has 0 spiro atoms. The van der Waals surface area contributed by atoms with Crippen molar-refractivity contribution in [1.82, 2.24) is 0 Å². The summed E-state index contributed by atoms with van der Waals surface area (Å²) in [6.07, 6.45) is 45.1. The van der Waals surface area contributed by atoms with Crippen LogP contribution in [0.25, 0.3) is 0 Å². The molecule has 0 fully saturated rings. The van der Waals surface area contributed by atoms with Crippen molar-refractivity contribution in [3.05, 3.63) is 60.8 Å². The van der Waals surface area contributed by atoms with Gasteiger partial charge in [-0.1, -0.05) is 177 Å². The molecule has 0 bridgehead atoms. The first-order valence-electron chi connectivity index (χ1n) is 23.0. The first kappa shape index (κ1) is 58.8. The molecule has 354 valence electrons. The van der Waals surface area contributed by atoms with Crippen LogP contribution in [0.15, 0.2) is 60.8 Å². The fourth-order valence-corrected chi connectivity index (χ4v) is 7.07. The highest BCUT2D eigenvalue weighted by Gasteiger charge is 2.28. The SMILES string of the molecule is CCCCC/C=C\C/C=C\C/C=C\C/C=C\C/C=C\CCC(=O)OC[C@H](COP(=O)(O)OC[C@@H](O)COP(=O)(O)O)OC(=O)CCCCCCCCCCCCCCCCC. The lowest BCUT2D eigenvalue weighted by Gasteiger charge is -2.20. The molecule has 1 unspecified atom stereocenters. The number of unbranched alkanes of at least 4 members (excludes halogenated alkanes) is 17. The Kier molecular flexibility index (Phi) is 40.3. The molecule has 13 nitrogen and oxygen atoms in total. The fraction of sp³-hybridized carbons (Fsp3) is 0.739. The standard InChI is InChI=1S/C46H82O13P2/c1-3-5-7-9-11-13-15-17-19-20-21-22-24-25-27-29-31-33-35-37-45(48)55-41-44(42-58-61(53,54)57-40-43(47)39-56-60(50,51)52)59-46(49)38-36-34-32-30-28-26-23-18-16-14-12-10-8-6-4-2/h11,13,17,19,21-22,25,27,31,33,43-44,47H,3-10,12,14-16,18,20,23-24,26,28-30,32,34-42H2,1-2H3,(H,53,54)(H2,50,51,52)/b13-11-,19-17-,22-21-,27-25-,33-31-/t43-,44+/m0/s1. The van der Waals surface area contributed by atoms with E-state index in [1.807, 2.05) is 12.2 Å². The Balaban J connectivity index is 4.60. The number of carbonyl (C=O) groups is 2. The van der Waals surface area contributed by atoms with Crippen LogP contribution in [0.3, 0.4) is 0 Å². The molecular weight excluding hydrogens is 822 g/mol. The quantitative estimate of drug-likeness (QED) is 0.0195. The summed E-state index contributed by atoms with van der Waals surface area (Å²) in [7, 11) is -9.69. The Hall–Kier alpha value is -2.18. The lowest BCUT2D eigenvalue weighted by atomic mass is 10.0. The number of phosphoric ester groups is 2. The van der Waals surface area contributed by atoms with Crippen LogP contribution in [-0.2, 0) is 41.8 Å². The van der Waals surface area contributed by atoms with Crippen LogP contribution in [0.5, 0.6) is 0 Å².